The first-order chi connectivity index (χ1) is 14.2. The molecule has 0 radical (unpaired) electrons. The molecule has 0 spiro atoms. The molecule has 4 unspecified atom stereocenters. The first-order valence-corrected chi connectivity index (χ1v) is 11.8. The molecule has 0 fully saturated rings. The molecule has 0 saturated carbocycles. The first-order valence-electron chi connectivity index (χ1n) is 9.24. The fraction of sp³-hybridized carbons (Fsp3) is 0.471. The number of hydrogen-bond donors (Lipinski definition) is 4. The van der Waals surface area contributed by atoms with Crippen molar-refractivity contribution in [3.8, 4) is 0 Å². The second-order valence-electron chi connectivity index (χ2n) is 7.03. The minimum Gasteiger partial charge on any atom is -0.386 e. The molecule has 13 heteroatoms. The van der Waals surface area contributed by atoms with Crippen LogP contribution >= 0.6 is 16.1 Å². The minimum absolute atomic E-state index is 0.180. The van der Waals surface area contributed by atoms with E-state index >= 15 is 0 Å². The van der Waals surface area contributed by atoms with E-state index in [4.69, 9.17) is 25.4 Å². The molecule has 0 bridgehead atoms. The number of amidine groups is 1. The second-order valence-corrected chi connectivity index (χ2v) is 10.0. The molecule has 2 aliphatic heterocycles. The fourth-order valence-corrected chi connectivity index (χ4v) is 4.08. The van der Waals surface area contributed by atoms with Crippen LogP contribution in [0, 0.1) is 12.8 Å². The third-order valence-electron chi connectivity index (χ3n) is 4.84. The van der Waals surface area contributed by atoms with Crippen LogP contribution in [0.1, 0.15) is 24.0 Å². The average molecular weight is 456 g/mol. The number of aliphatic hydroxyl groups is 1. The van der Waals surface area contributed by atoms with E-state index in [2.05, 4.69) is 9.98 Å². The van der Waals surface area contributed by atoms with E-state index in [9.17, 15) is 14.2 Å². The Balaban J connectivity index is 1.63. The van der Waals surface area contributed by atoms with Gasteiger partial charge in [0.25, 0.3) is 0 Å². The van der Waals surface area contributed by atoms with E-state index in [1.54, 1.807) is 5.01 Å². The van der Waals surface area contributed by atoms with Crippen molar-refractivity contribution in [1.29, 1.82) is 0 Å². The molecule has 162 valence electrons. The monoisotopic (exact) mass is 456 g/mol. The van der Waals surface area contributed by atoms with Crippen molar-refractivity contribution in [3.05, 3.63) is 35.4 Å². The van der Waals surface area contributed by atoms with Gasteiger partial charge in [-0.2, -0.15) is 5.10 Å². The number of hydrogen-bond acceptors (Lipinski definition) is 9. The lowest BCUT2D eigenvalue weighted by molar-refractivity contribution is -0.0889. The zero-order chi connectivity index (χ0) is 21.9. The van der Waals surface area contributed by atoms with Gasteiger partial charge in [-0.15, -0.1) is 0 Å². The van der Waals surface area contributed by atoms with Gasteiger partial charge in [0, 0.05) is 6.54 Å². The van der Waals surface area contributed by atoms with Crippen molar-refractivity contribution in [2.45, 2.75) is 31.2 Å². The summed E-state index contributed by atoms with van der Waals surface area (Å²) in [7, 11) is -6.79. The highest BCUT2D eigenvalue weighted by molar-refractivity contribution is 7.62. The summed E-state index contributed by atoms with van der Waals surface area (Å²) in [6.45, 7) is 2.29. The lowest BCUT2D eigenvalue weighted by atomic mass is 9.93. The Kier molecular flexibility index (Phi) is 6.81. The summed E-state index contributed by atoms with van der Waals surface area (Å²) in [5.41, 5.74) is 8.95. The minimum atomic E-state index is -5.07. The highest BCUT2D eigenvalue weighted by Gasteiger charge is 2.56. The van der Waals surface area contributed by atoms with E-state index in [1.807, 2.05) is 31.2 Å². The molecule has 4 atom stereocenters. The molecule has 1 aromatic rings. The van der Waals surface area contributed by atoms with E-state index < -0.39 is 21.3 Å². The smallest absolute Gasteiger partial charge is 0.386 e. The number of benzene rings is 1. The zero-order valence-electron chi connectivity index (χ0n) is 16.2. The van der Waals surface area contributed by atoms with Gasteiger partial charge in [-0.1, -0.05) is 34.4 Å². The maximum absolute atomic E-state index is 11.2. The van der Waals surface area contributed by atoms with Crippen molar-refractivity contribution < 1.29 is 28.8 Å². The van der Waals surface area contributed by atoms with E-state index in [0.29, 0.717) is 25.2 Å². The summed E-state index contributed by atoms with van der Waals surface area (Å²) >= 11 is 0. The van der Waals surface area contributed by atoms with Crippen LogP contribution in [-0.2, 0) is 13.9 Å². The lowest BCUT2D eigenvalue weighted by Crippen LogP contribution is -2.42. The Labute approximate surface area is 174 Å². The number of fused-ring (bicyclic) bond motifs is 1. The summed E-state index contributed by atoms with van der Waals surface area (Å²) in [5, 5.41) is 13.2. The Morgan fingerprint density at radius 3 is 2.63 bits per heavy atom. The van der Waals surface area contributed by atoms with Crippen LogP contribution in [-0.4, -0.2) is 62.4 Å². The molecule has 0 aromatic heterocycles. The molecule has 2 aliphatic rings. The van der Waals surface area contributed by atoms with Crippen molar-refractivity contribution >= 4 is 33.9 Å². The van der Waals surface area contributed by atoms with Gasteiger partial charge in [0.1, 0.15) is 18.1 Å². The molecular formula is C17H24N5O6P2+. The normalized spacial score (nSPS) is 23.1. The van der Waals surface area contributed by atoms with Gasteiger partial charge in [0.2, 0.25) is 0 Å². The highest BCUT2D eigenvalue weighted by Crippen LogP contribution is 2.55. The topological polar surface area (TPSA) is 170 Å². The molecular weight excluding hydrogens is 432 g/mol. The number of hydrazone groups is 1. The van der Waals surface area contributed by atoms with Crippen molar-refractivity contribution in [2.75, 3.05) is 13.2 Å². The summed E-state index contributed by atoms with van der Waals surface area (Å²) in [6.07, 6.45) is 1.97. The summed E-state index contributed by atoms with van der Waals surface area (Å²) in [6, 6.07) is 7.93. The van der Waals surface area contributed by atoms with Gasteiger partial charge in [-0.05, 0) is 25.3 Å². The van der Waals surface area contributed by atoms with Crippen LogP contribution in [0.4, 0.5) is 0 Å². The SMILES string of the molecule is Cc1ccc(C2=NN(CCCCOC(O)([PH+]=O)P(=O)(O)O)C3N=CN=C(N)C23)cc1. The van der Waals surface area contributed by atoms with Gasteiger partial charge in [0.05, 0.1) is 12.3 Å². The number of unbranched alkanes of at least 4 members (excludes halogenated alkanes) is 1. The molecule has 2 heterocycles. The third kappa shape index (κ3) is 4.67. The largest absolute Gasteiger partial charge is 0.471 e. The van der Waals surface area contributed by atoms with Gasteiger partial charge < -0.3 is 25.4 Å². The molecule has 30 heavy (non-hydrogen) atoms. The van der Waals surface area contributed by atoms with Gasteiger partial charge in [-0.25, -0.2) is 14.5 Å². The van der Waals surface area contributed by atoms with E-state index in [-0.39, 0.29) is 18.7 Å². The maximum Gasteiger partial charge on any atom is 0.471 e. The van der Waals surface area contributed by atoms with E-state index in [0.717, 1.165) is 16.8 Å². The number of rotatable bonds is 9. The molecule has 0 amide bonds. The Hall–Kier alpha value is -2.00. The molecule has 5 N–H and O–H groups in total. The van der Waals surface area contributed by atoms with Crippen LogP contribution < -0.4 is 5.73 Å². The third-order valence-corrected chi connectivity index (χ3v) is 7.32. The van der Waals surface area contributed by atoms with Crippen molar-refractivity contribution in [3.63, 3.8) is 0 Å². The van der Waals surface area contributed by atoms with Crippen LogP contribution in [0.25, 0.3) is 0 Å². The fourth-order valence-electron chi connectivity index (χ4n) is 3.18. The Morgan fingerprint density at radius 1 is 1.30 bits per heavy atom. The zero-order valence-corrected chi connectivity index (χ0v) is 18.1. The average Bonchev–Trinajstić information content (AvgIpc) is 3.07. The van der Waals surface area contributed by atoms with Gasteiger partial charge >= 0.3 is 21.3 Å². The van der Waals surface area contributed by atoms with Gasteiger partial charge in [0.15, 0.2) is 6.17 Å². The van der Waals surface area contributed by atoms with Crippen LogP contribution in [0.15, 0.2) is 39.4 Å². The van der Waals surface area contributed by atoms with Crippen LogP contribution in [0.2, 0.25) is 0 Å². The summed E-state index contributed by atoms with van der Waals surface area (Å²) in [5.74, 6) is 0.165. The molecule has 0 saturated heterocycles. The number of aliphatic imine (C=N–C) groups is 2. The predicted octanol–water partition coefficient (Wildman–Crippen LogP) is 0.958. The number of nitrogens with two attached hydrogens (primary N) is 1. The standard InChI is InChI=1S/C17H23N5O6P2/c1-11-4-6-12(7-5-11)14-13-15(18)19-10-20-16(13)22(21-14)8-2-3-9-28-17(23,29-24)30(25,26)27/h4-7,10,13,16,23H,2-3,8-9H2,1H3,(H2,18,19,20)(H2,25,26,27)/p+1. The molecule has 11 nitrogen and oxygen atoms in total. The summed E-state index contributed by atoms with van der Waals surface area (Å²) < 4.78 is 26.9. The second kappa shape index (κ2) is 9.01. The maximum atomic E-state index is 11.2. The van der Waals surface area contributed by atoms with Gasteiger partial charge in [-0.3, -0.25) is 5.01 Å². The van der Waals surface area contributed by atoms with Crippen molar-refractivity contribution in [2.24, 2.45) is 26.7 Å². The highest BCUT2D eigenvalue weighted by atomic mass is 31.2. The molecule has 3 rings (SSSR count). The van der Waals surface area contributed by atoms with Crippen LogP contribution in [0.3, 0.4) is 0 Å². The van der Waals surface area contributed by atoms with Crippen molar-refractivity contribution in [1.82, 2.24) is 5.01 Å². The number of aryl methyl sites for hydroxylation is 1. The quantitative estimate of drug-likeness (QED) is 0.242. The lowest BCUT2D eigenvalue weighted by Gasteiger charge is -2.26. The summed E-state index contributed by atoms with van der Waals surface area (Å²) in [4.78, 5) is 26.6. The van der Waals surface area contributed by atoms with Crippen LogP contribution in [0.5, 0.6) is 0 Å². The molecule has 0 aliphatic carbocycles. The Morgan fingerprint density at radius 2 is 2.00 bits per heavy atom. The number of nitrogens with zero attached hydrogens (tertiary/aromatic N) is 4. The van der Waals surface area contributed by atoms with E-state index in [1.165, 1.54) is 6.34 Å². The predicted molar refractivity (Wildman–Crippen MR) is 113 cm³/mol. The number of ether oxygens (including phenoxy) is 1. The first kappa shape index (κ1) is 22.7. The Bertz CT molecular complexity index is 931. The molecule has 1 aromatic carbocycles.